The summed E-state index contributed by atoms with van der Waals surface area (Å²) in [6.07, 6.45) is 1.55. The Hall–Kier alpha value is -0.750. The second-order valence-corrected chi connectivity index (χ2v) is 6.06. The highest BCUT2D eigenvalue weighted by atomic mass is 32.2. The number of amides is 1. The van der Waals surface area contributed by atoms with E-state index in [2.05, 4.69) is 10.6 Å². The number of methoxy groups -OCH3 is 1. The van der Waals surface area contributed by atoms with Crippen molar-refractivity contribution < 1.29 is 14.3 Å². The van der Waals surface area contributed by atoms with Gasteiger partial charge in [-0.05, 0) is 39.4 Å². The van der Waals surface area contributed by atoms with Crippen molar-refractivity contribution in [3.05, 3.63) is 0 Å². The topological polar surface area (TPSA) is 67.4 Å². The molecule has 0 bridgehead atoms. The summed E-state index contributed by atoms with van der Waals surface area (Å²) in [5.41, 5.74) is -0.656. The normalized spacial score (nSPS) is 14.0. The largest absolute Gasteiger partial charge is 0.468 e. The molecule has 0 aromatic rings. The molecule has 112 valence electrons. The number of esters is 1. The second-order valence-electron chi connectivity index (χ2n) is 4.95. The molecule has 1 unspecified atom stereocenters. The van der Waals surface area contributed by atoms with Crippen LogP contribution in [0.2, 0.25) is 0 Å². The van der Waals surface area contributed by atoms with Crippen LogP contribution in [0.15, 0.2) is 0 Å². The molecule has 0 radical (unpaired) electrons. The van der Waals surface area contributed by atoms with Gasteiger partial charge in [0.25, 0.3) is 0 Å². The first kappa shape index (κ1) is 18.2. The lowest BCUT2D eigenvalue weighted by Crippen LogP contribution is -2.53. The van der Waals surface area contributed by atoms with Crippen molar-refractivity contribution in [3.63, 3.8) is 0 Å². The maximum atomic E-state index is 11.8. The second kappa shape index (κ2) is 9.20. The van der Waals surface area contributed by atoms with Gasteiger partial charge in [-0.25, -0.2) is 0 Å². The number of rotatable bonds is 9. The molecule has 0 aliphatic rings. The molecule has 6 heteroatoms. The van der Waals surface area contributed by atoms with E-state index in [1.54, 1.807) is 18.8 Å². The van der Waals surface area contributed by atoms with E-state index >= 15 is 0 Å². The molecule has 5 nitrogen and oxygen atoms in total. The predicted molar refractivity (Wildman–Crippen MR) is 79.3 cm³/mol. The zero-order chi connectivity index (χ0) is 14.9. The minimum Gasteiger partial charge on any atom is -0.468 e. The molecule has 0 aromatic heterocycles. The third-order valence-electron chi connectivity index (χ3n) is 2.72. The van der Waals surface area contributed by atoms with Gasteiger partial charge in [-0.15, -0.1) is 0 Å². The summed E-state index contributed by atoms with van der Waals surface area (Å²) in [5.74, 6) is 1.10. The Labute approximate surface area is 120 Å². The third-order valence-corrected chi connectivity index (χ3v) is 3.76. The molecular formula is C13H26N2O3S. The van der Waals surface area contributed by atoms with E-state index in [1.807, 2.05) is 20.8 Å². The van der Waals surface area contributed by atoms with E-state index < -0.39 is 5.54 Å². The highest BCUT2D eigenvalue weighted by molar-refractivity contribution is 7.99. The highest BCUT2D eigenvalue weighted by Crippen LogP contribution is 2.17. The van der Waals surface area contributed by atoms with Crippen molar-refractivity contribution in [3.8, 4) is 0 Å². The van der Waals surface area contributed by atoms with Gasteiger partial charge in [-0.2, -0.15) is 11.8 Å². The monoisotopic (exact) mass is 290 g/mol. The summed E-state index contributed by atoms with van der Waals surface area (Å²) in [6, 6.07) is 0.211. The fraction of sp³-hybridized carbons (Fsp3) is 0.846. The van der Waals surface area contributed by atoms with Gasteiger partial charge in [0.2, 0.25) is 5.91 Å². The molecule has 0 heterocycles. The Bertz CT molecular complexity index is 298. The lowest BCUT2D eigenvalue weighted by atomic mass is 9.95. The fourth-order valence-corrected chi connectivity index (χ4v) is 2.68. The van der Waals surface area contributed by atoms with Crippen LogP contribution >= 0.6 is 11.8 Å². The number of hydrogen-bond acceptors (Lipinski definition) is 5. The Kier molecular flexibility index (Phi) is 8.84. The molecule has 0 saturated carbocycles. The highest BCUT2D eigenvalue weighted by Gasteiger charge is 2.33. The molecule has 19 heavy (non-hydrogen) atoms. The number of ether oxygens (including phenoxy) is 1. The maximum Gasteiger partial charge on any atom is 0.325 e. The average Bonchev–Trinajstić information content (AvgIpc) is 2.36. The van der Waals surface area contributed by atoms with Crippen LogP contribution in [-0.4, -0.2) is 49.1 Å². The smallest absolute Gasteiger partial charge is 0.325 e. The number of nitrogens with one attached hydrogen (secondary N) is 2. The lowest BCUT2D eigenvalue weighted by Gasteiger charge is -2.30. The number of carbonyl (C=O) groups excluding carboxylic acids is 2. The molecule has 0 aliphatic carbocycles. The molecule has 0 saturated heterocycles. The Morgan fingerprint density at radius 1 is 1.37 bits per heavy atom. The van der Waals surface area contributed by atoms with Gasteiger partial charge in [-0.1, -0.05) is 0 Å². The maximum absolute atomic E-state index is 11.8. The Morgan fingerprint density at radius 3 is 2.47 bits per heavy atom. The summed E-state index contributed by atoms with van der Waals surface area (Å²) in [7, 11) is 3.03. The average molecular weight is 290 g/mol. The minimum absolute atomic E-state index is 0.0287. The van der Waals surface area contributed by atoms with E-state index in [1.165, 1.54) is 7.11 Å². The number of hydrogen-bond donors (Lipinski definition) is 2. The molecule has 1 atom stereocenters. The summed E-state index contributed by atoms with van der Waals surface area (Å²) in [4.78, 5) is 22.9. The van der Waals surface area contributed by atoms with Crippen molar-refractivity contribution in [1.82, 2.24) is 10.6 Å². The number of carbonyl (C=O) groups is 2. The fourth-order valence-electron chi connectivity index (χ4n) is 1.86. The van der Waals surface area contributed by atoms with Gasteiger partial charge in [0.1, 0.15) is 5.54 Å². The molecule has 2 N–H and O–H groups in total. The molecular weight excluding hydrogens is 264 g/mol. The molecule has 0 spiro atoms. The summed E-state index contributed by atoms with van der Waals surface area (Å²) in [5, 5.41) is 5.83. The van der Waals surface area contributed by atoms with Gasteiger partial charge in [0, 0.05) is 13.1 Å². The quantitative estimate of drug-likeness (QED) is 0.493. The van der Waals surface area contributed by atoms with Crippen LogP contribution in [0.4, 0.5) is 0 Å². The van der Waals surface area contributed by atoms with E-state index in [0.717, 1.165) is 12.2 Å². The van der Waals surface area contributed by atoms with E-state index in [0.29, 0.717) is 12.2 Å². The molecule has 0 rings (SSSR count). The van der Waals surface area contributed by atoms with Crippen molar-refractivity contribution >= 4 is 23.6 Å². The standard InChI is InChI=1S/C13H26N2O3S/c1-10(2)15-13(3,12(17)18-5)7-6-8-19-9-11(16)14-4/h10,15H,6-9H2,1-5H3,(H,14,16). The first-order chi connectivity index (χ1) is 8.85. The van der Waals surface area contributed by atoms with Crippen LogP contribution < -0.4 is 10.6 Å². The molecule has 0 fully saturated rings. The zero-order valence-corrected chi connectivity index (χ0v) is 13.4. The Balaban J connectivity index is 4.13. The van der Waals surface area contributed by atoms with Crippen LogP contribution in [-0.2, 0) is 14.3 Å². The van der Waals surface area contributed by atoms with Crippen LogP contribution in [0.1, 0.15) is 33.6 Å². The predicted octanol–water partition coefficient (Wildman–Crippen LogP) is 1.18. The third kappa shape index (κ3) is 7.42. The van der Waals surface area contributed by atoms with E-state index in [4.69, 9.17) is 4.74 Å². The van der Waals surface area contributed by atoms with Gasteiger partial charge in [0.15, 0.2) is 0 Å². The van der Waals surface area contributed by atoms with Crippen molar-refractivity contribution in [2.75, 3.05) is 25.7 Å². The van der Waals surface area contributed by atoms with E-state index in [9.17, 15) is 9.59 Å². The van der Waals surface area contributed by atoms with Crippen LogP contribution in [0.5, 0.6) is 0 Å². The lowest BCUT2D eigenvalue weighted by molar-refractivity contribution is -0.148. The molecule has 1 amide bonds. The van der Waals surface area contributed by atoms with E-state index in [-0.39, 0.29) is 17.9 Å². The van der Waals surface area contributed by atoms with Gasteiger partial charge in [0.05, 0.1) is 12.9 Å². The van der Waals surface area contributed by atoms with Crippen LogP contribution in [0.3, 0.4) is 0 Å². The summed E-state index contributed by atoms with van der Waals surface area (Å²) in [6.45, 7) is 5.87. The first-order valence-corrected chi connectivity index (χ1v) is 7.65. The SMILES string of the molecule is CNC(=O)CSCCCC(C)(NC(C)C)C(=O)OC. The number of thioether (sulfide) groups is 1. The van der Waals surface area contributed by atoms with Gasteiger partial charge >= 0.3 is 5.97 Å². The van der Waals surface area contributed by atoms with Crippen LogP contribution in [0, 0.1) is 0 Å². The summed E-state index contributed by atoms with van der Waals surface area (Å²) < 4.78 is 4.86. The minimum atomic E-state index is -0.656. The Morgan fingerprint density at radius 2 is 2.00 bits per heavy atom. The van der Waals surface area contributed by atoms with Crippen LogP contribution in [0.25, 0.3) is 0 Å². The molecule has 0 aliphatic heterocycles. The van der Waals surface area contributed by atoms with Crippen molar-refractivity contribution in [1.29, 1.82) is 0 Å². The van der Waals surface area contributed by atoms with Gasteiger partial charge < -0.3 is 10.1 Å². The zero-order valence-electron chi connectivity index (χ0n) is 12.5. The summed E-state index contributed by atoms with van der Waals surface area (Å²) >= 11 is 1.57. The van der Waals surface area contributed by atoms with Gasteiger partial charge in [-0.3, -0.25) is 14.9 Å². The van der Waals surface area contributed by atoms with Crippen molar-refractivity contribution in [2.24, 2.45) is 0 Å². The first-order valence-electron chi connectivity index (χ1n) is 6.50. The molecule has 0 aromatic carbocycles. The van der Waals surface area contributed by atoms with Crippen molar-refractivity contribution in [2.45, 2.75) is 45.2 Å².